The van der Waals surface area contributed by atoms with Gasteiger partial charge in [0.25, 0.3) is 5.91 Å². The highest BCUT2D eigenvalue weighted by Gasteiger charge is 2.30. The van der Waals surface area contributed by atoms with Crippen molar-refractivity contribution in [1.29, 1.82) is 0 Å². The number of hydrogen-bond acceptors (Lipinski definition) is 2. The van der Waals surface area contributed by atoms with Crippen molar-refractivity contribution in [2.24, 2.45) is 0 Å². The predicted molar refractivity (Wildman–Crippen MR) is 93.6 cm³/mol. The molecule has 1 saturated heterocycles. The first kappa shape index (κ1) is 20.3. The van der Waals surface area contributed by atoms with Crippen molar-refractivity contribution >= 4 is 5.91 Å². The molecule has 8 heteroatoms. The standard InChI is InChI=1S/C20H19F5N2O/c21-16-3-1-4-17(22)18(16)19(28)27-10-2-9-26(11-12-27)13-14-5-7-15(8-6-14)20(23,24)25/h1,3-8H,2,9-13H2. The van der Waals surface area contributed by atoms with Gasteiger partial charge in [-0.05, 0) is 36.2 Å². The lowest BCUT2D eigenvalue weighted by Crippen LogP contribution is -2.36. The quantitative estimate of drug-likeness (QED) is 0.719. The number of amides is 1. The summed E-state index contributed by atoms with van der Waals surface area (Å²) in [6.07, 6.45) is -3.77. The van der Waals surface area contributed by atoms with Crippen LogP contribution in [0.2, 0.25) is 0 Å². The fraction of sp³-hybridized carbons (Fsp3) is 0.350. The van der Waals surface area contributed by atoms with Crippen LogP contribution in [0.4, 0.5) is 22.0 Å². The molecule has 0 bridgehead atoms. The van der Waals surface area contributed by atoms with Gasteiger partial charge >= 0.3 is 6.18 Å². The van der Waals surface area contributed by atoms with E-state index < -0.39 is 34.8 Å². The van der Waals surface area contributed by atoms with Gasteiger partial charge in [-0.15, -0.1) is 0 Å². The van der Waals surface area contributed by atoms with Crippen LogP contribution in [0, 0.1) is 11.6 Å². The summed E-state index contributed by atoms with van der Waals surface area (Å²) in [4.78, 5) is 15.9. The molecule has 0 atom stereocenters. The van der Waals surface area contributed by atoms with E-state index in [2.05, 4.69) is 0 Å². The van der Waals surface area contributed by atoms with Crippen LogP contribution in [0.3, 0.4) is 0 Å². The van der Waals surface area contributed by atoms with E-state index in [1.165, 1.54) is 23.1 Å². The molecule has 3 rings (SSSR count). The smallest absolute Gasteiger partial charge is 0.337 e. The fourth-order valence-electron chi connectivity index (χ4n) is 3.25. The van der Waals surface area contributed by atoms with Crippen LogP contribution in [-0.2, 0) is 12.7 Å². The van der Waals surface area contributed by atoms with Crippen LogP contribution in [-0.4, -0.2) is 41.9 Å². The molecule has 0 saturated carbocycles. The van der Waals surface area contributed by atoms with E-state index >= 15 is 0 Å². The molecule has 0 aromatic heterocycles. The third-order valence-electron chi connectivity index (χ3n) is 4.74. The minimum absolute atomic E-state index is 0.285. The van der Waals surface area contributed by atoms with Crippen LogP contribution < -0.4 is 0 Å². The number of nitrogens with zero attached hydrogens (tertiary/aromatic N) is 2. The molecule has 0 spiro atoms. The van der Waals surface area contributed by atoms with Gasteiger partial charge in [0.05, 0.1) is 5.56 Å². The first-order valence-electron chi connectivity index (χ1n) is 8.87. The highest BCUT2D eigenvalue weighted by Crippen LogP contribution is 2.29. The monoisotopic (exact) mass is 398 g/mol. The van der Waals surface area contributed by atoms with Gasteiger partial charge < -0.3 is 4.90 Å². The Labute approximate surface area is 159 Å². The van der Waals surface area contributed by atoms with Crippen LogP contribution in [0.15, 0.2) is 42.5 Å². The van der Waals surface area contributed by atoms with Gasteiger partial charge in [0.2, 0.25) is 0 Å². The van der Waals surface area contributed by atoms with Crippen molar-refractivity contribution < 1.29 is 26.7 Å². The molecule has 1 aliphatic heterocycles. The van der Waals surface area contributed by atoms with Crippen molar-refractivity contribution in [1.82, 2.24) is 9.80 Å². The Morgan fingerprint density at radius 2 is 1.54 bits per heavy atom. The summed E-state index contributed by atoms with van der Waals surface area (Å²) in [5, 5.41) is 0. The molecular weight excluding hydrogens is 379 g/mol. The zero-order valence-electron chi connectivity index (χ0n) is 15.0. The van der Waals surface area contributed by atoms with Crippen molar-refractivity contribution in [2.75, 3.05) is 26.2 Å². The Morgan fingerprint density at radius 3 is 2.14 bits per heavy atom. The first-order chi connectivity index (χ1) is 13.3. The Morgan fingerprint density at radius 1 is 0.893 bits per heavy atom. The number of rotatable bonds is 3. The Kier molecular flexibility index (Phi) is 5.98. The normalized spacial score (nSPS) is 16.1. The van der Waals surface area contributed by atoms with Gasteiger partial charge in [-0.25, -0.2) is 8.78 Å². The summed E-state index contributed by atoms with van der Waals surface area (Å²) in [7, 11) is 0. The summed E-state index contributed by atoms with van der Waals surface area (Å²) in [5.74, 6) is -2.47. The molecule has 3 nitrogen and oxygen atoms in total. The Balaban J connectivity index is 1.63. The molecular formula is C20H19F5N2O. The summed E-state index contributed by atoms with van der Waals surface area (Å²) in [5.41, 5.74) is -0.526. The number of halogens is 5. The van der Waals surface area contributed by atoms with E-state index in [9.17, 15) is 26.7 Å². The number of carbonyl (C=O) groups is 1. The van der Waals surface area contributed by atoms with Crippen molar-refractivity contribution in [3.8, 4) is 0 Å². The van der Waals surface area contributed by atoms with E-state index in [1.54, 1.807) is 0 Å². The van der Waals surface area contributed by atoms with E-state index in [4.69, 9.17) is 0 Å². The molecule has 0 radical (unpaired) electrons. The van der Waals surface area contributed by atoms with Crippen LogP contribution >= 0.6 is 0 Å². The van der Waals surface area contributed by atoms with E-state index in [-0.39, 0.29) is 6.54 Å². The number of hydrogen-bond donors (Lipinski definition) is 0. The highest BCUT2D eigenvalue weighted by molar-refractivity contribution is 5.94. The number of carbonyl (C=O) groups excluding carboxylic acids is 1. The molecule has 1 amide bonds. The lowest BCUT2D eigenvalue weighted by molar-refractivity contribution is -0.137. The van der Waals surface area contributed by atoms with Gasteiger partial charge in [-0.3, -0.25) is 9.69 Å². The minimum atomic E-state index is -4.37. The molecule has 150 valence electrons. The number of alkyl halides is 3. The maximum Gasteiger partial charge on any atom is 0.416 e. The second kappa shape index (κ2) is 8.26. The molecule has 2 aromatic carbocycles. The molecule has 1 aliphatic rings. The maximum absolute atomic E-state index is 13.9. The third-order valence-corrected chi connectivity index (χ3v) is 4.74. The van der Waals surface area contributed by atoms with E-state index in [0.717, 1.165) is 29.8 Å². The fourth-order valence-corrected chi connectivity index (χ4v) is 3.25. The molecule has 2 aromatic rings. The lowest BCUT2D eigenvalue weighted by atomic mass is 10.1. The van der Waals surface area contributed by atoms with Gasteiger partial charge in [0.15, 0.2) is 0 Å². The van der Waals surface area contributed by atoms with Gasteiger partial charge in [0, 0.05) is 32.7 Å². The highest BCUT2D eigenvalue weighted by atomic mass is 19.4. The molecule has 0 N–H and O–H groups in total. The van der Waals surface area contributed by atoms with Crippen LogP contribution in [0.1, 0.15) is 27.9 Å². The summed E-state index contributed by atoms with van der Waals surface area (Å²) in [6.45, 7) is 2.17. The summed E-state index contributed by atoms with van der Waals surface area (Å²) < 4.78 is 65.7. The molecule has 28 heavy (non-hydrogen) atoms. The lowest BCUT2D eigenvalue weighted by Gasteiger charge is -2.22. The zero-order valence-corrected chi connectivity index (χ0v) is 15.0. The average molecular weight is 398 g/mol. The van der Waals surface area contributed by atoms with Crippen molar-refractivity contribution in [3.05, 3.63) is 70.8 Å². The van der Waals surface area contributed by atoms with Gasteiger partial charge in [-0.1, -0.05) is 18.2 Å². The number of benzene rings is 2. The Hall–Kier alpha value is -2.48. The summed E-state index contributed by atoms with van der Waals surface area (Å²) in [6, 6.07) is 8.26. The molecule has 0 aliphatic carbocycles. The largest absolute Gasteiger partial charge is 0.416 e. The SMILES string of the molecule is O=C(c1c(F)cccc1F)N1CCCN(Cc2ccc(C(F)(F)F)cc2)CC1. The third kappa shape index (κ3) is 4.67. The molecule has 1 heterocycles. The maximum atomic E-state index is 13.9. The Bertz CT molecular complexity index is 815. The van der Waals surface area contributed by atoms with Crippen LogP contribution in [0.25, 0.3) is 0 Å². The van der Waals surface area contributed by atoms with E-state index in [0.29, 0.717) is 32.6 Å². The second-order valence-corrected chi connectivity index (χ2v) is 6.71. The van der Waals surface area contributed by atoms with Crippen molar-refractivity contribution in [3.63, 3.8) is 0 Å². The summed E-state index contributed by atoms with van der Waals surface area (Å²) >= 11 is 0. The van der Waals surface area contributed by atoms with Crippen molar-refractivity contribution in [2.45, 2.75) is 19.1 Å². The zero-order chi connectivity index (χ0) is 20.3. The second-order valence-electron chi connectivity index (χ2n) is 6.71. The predicted octanol–water partition coefficient (Wildman–Crippen LogP) is 4.33. The first-order valence-corrected chi connectivity index (χ1v) is 8.87. The van der Waals surface area contributed by atoms with Gasteiger partial charge in [-0.2, -0.15) is 13.2 Å². The minimum Gasteiger partial charge on any atom is -0.337 e. The van der Waals surface area contributed by atoms with Gasteiger partial charge in [0.1, 0.15) is 17.2 Å². The van der Waals surface area contributed by atoms with Crippen LogP contribution in [0.5, 0.6) is 0 Å². The molecule has 1 fully saturated rings. The molecule has 0 unspecified atom stereocenters. The topological polar surface area (TPSA) is 23.6 Å². The average Bonchev–Trinajstić information content (AvgIpc) is 2.87. The van der Waals surface area contributed by atoms with E-state index in [1.807, 2.05) is 4.90 Å².